The van der Waals surface area contributed by atoms with Crippen LogP contribution in [-0.4, -0.2) is 35.1 Å². The summed E-state index contributed by atoms with van der Waals surface area (Å²) in [5.74, 6) is 1.67. The maximum Gasteiger partial charge on any atom is 0.408 e. The van der Waals surface area contributed by atoms with Crippen LogP contribution in [0.15, 0.2) is 54.6 Å². The third-order valence-corrected chi connectivity index (χ3v) is 6.82. The van der Waals surface area contributed by atoms with Crippen molar-refractivity contribution < 1.29 is 19.1 Å². The van der Waals surface area contributed by atoms with E-state index in [-0.39, 0.29) is 17.9 Å². The van der Waals surface area contributed by atoms with E-state index in [9.17, 15) is 9.59 Å². The number of hydrogen-bond donors (Lipinski definition) is 1. The van der Waals surface area contributed by atoms with Crippen LogP contribution in [0.3, 0.4) is 0 Å². The van der Waals surface area contributed by atoms with E-state index >= 15 is 0 Å². The van der Waals surface area contributed by atoms with Gasteiger partial charge in [0.25, 0.3) is 0 Å². The van der Waals surface area contributed by atoms with Gasteiger partial charge in [0.05, 0.1) is 6.04 Å². The first-order valence-corrected chi connectivity index (χ1v) is 12.9. The fourth-order valence-corrected chi connectivity index (χ4v) is 5.25. The molecule has 4 rings (SSSR count). The van der Waals surface area contributed by atoms with Crippen molar-refractivity contribution in [3.63, 3.8) is 0 Å². The SMILES string of the molecule is CC(C)(C)OC(=O)N[C@H](C(=O)N1CCC[C@H]1c1cccc(Oc2ccccc2)c1)C1CCCCC1. The summed E-state index contributed by atoms with van der Waals surface area (Å²) in [6.07, 6.45) is 6.57. The fraction of sp³-hybridized carbons (Fsp3) is 0.517. The van der Waals surface area contributed by atoms with Crippen LogP contribution in [0.2, 0.25) is 0 Å². The molecule has 6 heteroatoms. The van der Waals surface area contributed by atoms with E-state index in [1.807, 2.05) is 74.2 Å². The number of para-hydroxylation sites is 1. The standard InChI is InChI=1S/C29H38N2O4/c1-29(2,3)35-28(33)30-26(21-12-6-4-7-13-21)27(32)31-19-11-18-25(31)22-14-10-17-24(20-22)34-23-15-8-5-9-16-23/h5,8-10,14-17,20-21,25-26H,4,6-7,11-13,18-19H2,1-3H3,(H,30,33)/t25-,26-/m0/s1. The molecule has 188 valence electrons. The number of nitrogens with one attached hydrogen (secondary N) is 1. The maximum absolute atomic E-state index is 13.9. The van der Waals surface area contributed by atoms with Crippen LogP contribution in [0.1, 0.15) is 77.3 Å². The molecule has 1 saturated carbocycles. The Hall–Kier alpha value is -3.02. The molecule has 0 bridgehead atoms. The Balaban J connectivity index is 1.52. The first kappa shape index (κ1) is 25.1. The molecule has 1 aliphatic heterocycles. The van der Waals surface area contributed by atoms with Crippen molar-refractivity contribution in [3.8, 4) is 11.5 Å². The molecular formula is C29H38N2O4. The number of benzene rings is 2. The van der Waals surface area contributed by atoms with Gasteiger partial charge >= 0.3 is 6.09 Å². The minimum atomic E-state index is -0.611. The molecule has 2 aliphatic rings. The highest BCUT2D eigenvalue weighted by Gasteiger charge is 2.39. The molecule has 1 aliphatic carbocycles. The van der Waals surface area contributed by atoms with Crippen molar-refractivity contribution in [2.75, 3.05) is 6.54 Å². The van der Waals surface area contributed by atoms with Crippen LogP contribution < -0.4 is 10.1 Å². The highest BCUT2D eigenvalue weighted by molar-refractivity contribution is 5.86. The van der Waals surface area contributed by atoms with E-state index in [2.05, 4.69) is 11.4 Å². The molecule has 2 atom stereocenters. The largest absolute Gasteiger partial charge is 0.457 e. The van der Waals surface area contributed by atoms with Crippen LogP contribution in [0, 0.1) is 5.92 Å². The molecular weight excluding hydrogens is 440 g/mol. The first-order chi connectivity index (χ1) is 16.8. The average molecular weight is 479 g/mol. The predicted octanol–water partition coefficient (Wildman–Crippen LogP) is 6.62. The summed E-state index contributed by atoms with van der Waals surface area (Å²) in [6.45, 7) is 6.20. The van der Waals surface area contributed by atoms with Gasteiger partial charge in [0.1, 0.15) is 23.1 Å². The summed E-state index contributed by atoms with van der Waals surface area (Å²) in [5, 5.41) is 2.96. The van der Waals surface area contributed by atoms with Gasteiger partial charge in [0.15, 0.2) is 0 Å². The van der Waals surface area contributed by atoms with E-state index < -0.39 is 17.7 Å². The van der Waals surface area contributed by atoms with E-state index in [4.69, 9.17) is 9.47 Å². The van der Waals surface area contributed by atoms with Crippen LogP contribution in [0.5, 0.6) is 11.5 Å². The summed E-state index contributed by atoms with van der Waals surface area (Å²) in [4.78, 5) is 28.6. The Bertz CT molecular complexity index is 995. The van der Waals surface area contributed by atoms with Gasteiger partial charge in [-0.15, -0.1) is 0 Å². The van der Waals surface area contributed by atoms with Gasteiger partial charge < -0.3 is 19.7 Å². The Morgan fingerprint density at radius 2 is 1.63 bits per heavy atom. The number of hydrogen-bond acceptors (Lipinski definition) is 4. The van der Waals surface area contributed by atoms with Crippen molar-refractivity contribution in [2.24, 2.45) is 5.92 Å². The Kier molecular flexibility index (Phi) is 7.99. The van der Waals surface area contributed by atoms with Crippen LogP contribution in [-0.2, 0) is 9.53 Å². The highest BCUT2D eigenvalue weighted by Crippen LogP contribution is 2.36. The number of carbonyl (C=O) groups is 2. The number of amides is 2. The zero-order valence-electron chi connectivity index (χ0n) is 21.2. The van der Waals surface area contributed by atoms with Gasteiger partial charge in [-0.05, 0) is 82.2 Å². The molecule has 2 aromatic rings. The summed E-state index contributed by atoms with van der Waals surface area (Å²) < 4.78 is 11.6. The molecule has 1 N–H and O–H groups in total. The predicted molar refractivity (Wildman–Crippen MR) is 136 cm³/mol. The molecule has 2 fully saturated rings. The molecule has 0 unspecified atom stereocenters. The lowest BCUT2D eigenvalue weighted by Crippen LogP contribution is -2.53. The number of carbonyl (C=O) groups excluding carboxylic acids is 2. The summed E-state index contributed by atoms with van der Waals surface area (Å²) in [7, 11) is 0. The second-order valence-corrected chi connectivity index (χ2v) is 10.7. The molecule has 1 saturated heterocycles. The summed E-state index contributed by atoms with van der Waals surface area (Å²) in [5.41, 5.74) is 0.448. The Morgan fingerprint density at radius 3 is 2.34 bits per heavy atom. The number of alkyl carbamates (subject to hydrolysis) is 1. The van der Waals surface area contributed by atoms with E-state index in [0.29, 0.717) is 6.54 Å². The Morgan fingerprint density at radius 1 is 0.914 bits per heavy atom. The van der Waals surface area contributed by atoms with Gasteiger partial charge in [-0.2, -0.15) is 0 Å². The van der Waals surface area contributed by atoms with Crippen LogP contribution in [0.25, 0.3) is 0 Å². The van der Waals surface area contributed by atoms with Crippen molar-refractivity contribution >= 4 is 12.0 Å². The van der Waals surface area contributed by atoms with Crippen LogP contribution in [0.4, 0.5) is 4.79 Å². The third kappa shape index (κ3) is 6.77. The third-order valence-electron chi connectivity index (χ3n) is 6.82. The summed E-state index contributed by atoms with van der Waals surface area (Å²) >= 11 is 0. The number of ether oxygens (including phenoxy) is 2. The second-order valence-electron chi connectivity index (χ2n) is 10.7. The number of nitrogens with zero attached hydrogens (tertiary/aromatic N) is 1. The lowest BCUT2D eigenvalue weighted by Gasteiger charge is -2.35. The van der Waals surface area contributed by atoms with E-state index in [0.717, 1.165) is 55.6 Å². The molecule has 2 aromatic carbocycles. The smallest absolute Gasteiger partial charge is 0.408 e. The van der Waals surface area contributed by atoms with Gasteiger partial charge in [-0.25, -0.2) is 4.79 Å². The summed E-state index contributed by atoms with van der Waals surface area (Å²) in [6, 6.07) is 17.1. The average Bonchev–Trinajstić information content (AvgIpc) is 3.33. The van der Waals surface area contributed by atoms with Crippen LogP contribution >= 0.6 is 0 Å². The molecule has 1 heterocycles. The molecule has 0 radical (unpaired) electrons. The second kappa shape index (κ2) is 11.1. The lowest BCUT2D eigenvalue weighted by atomic mass is 9.83. The fourth-order valence-electron chi connectivity index (χ4n) is 5.25. The molecule has 0 spiro atoms. The maximum atomic E-state index is 13.9. The number of rotatable bonds is 6. The van der Waals surface area contributed by atoms with E-state index in [1.54, 1.807) is 0 Å². The van der Waals surface area contributed by atoms with Gasteiger partial charge in [-0.3, -0.25) is 4.79 Å². The van der Waals surface area contributed by atoms with Crippen molar-refractivity contribution in [3.05, 3.63) is 60.2 Å². The molecule has 35 heavy (non-hydrogen) atoms. The van der Waals surface area contributed by atoms with Crippen molar-refractivity contribution in [1.82, 2.24) is 10.2 Å². The first-order valence-electron chi connectivity index (χ1n) is 12.9. The zero-order chi connectivity index (χ0) is 24.8. The normalized spacial score (nSPS) is 19.7. The van der Waals surface area contributed by atoms with Crippen molar-refractivity contribution in [1.29, 1.82) is 0 Å². The van der Waals surface area contributed by atoms with Gasteiger partial charge in [0.2, 0.25) is 5.91 Å². The molecule has 2 amide bonds. The topological polar surface area (TPSA) is 67.9 Å². The number of likely N-dealkylation sites (tertiary alicyclic amines) is 1. The zero-order valence-corrected chi connectivity index (χ0v) is 21.2. The molecule has 0 aromatic heterocycles. The Labute approximate surface area is 209 Å². The van der Waals surface area contributed by atoms with E-state index in [1.165, 1.54) is 6.42 Å². The van der Waals surface area contributed by atoms with Gasteiger partial charge in [-0.1, -0.05) is 49.6 Å². The monoisotopic (exact) mass is 478 g/mol. The van der Waals surface area contributed by atoms with Gasteiger partial charge in [0, 0.05) is 6.54 Å². The highest BCUT2D eigenvalue weighted by atomic mass is 16.6. The quantitative estimate of drug-likeness (QED) is 0.507. The minimum Gasteiger partial charge on any atom is -0.457 e. The minimum absolute atomic E-state index is 0.000333. The van der Waals surface area contributed by atoms with Crippen molar-refractivity contribution in [2.45, 2.75) is 83.4 Å². The molecule has 6 nitrogen and oxygen atoms in total. The lowest BCUT2D eigenvalue weighted by molar-refractivity contribution is -0.136.